The number of carbonyl (C=O) groups excluding carboxylic acids is 1. The third kappa shape index (κ3) is 3.59. The van der Waals surface area contributed by atoms with Crippen LogP contribution in [0.5, 0.6) is 5.75 Å². The summed E-state index contributed by atoms with van der Waals surface area (Å²) >= 11 is 1.36. The van der Waals surface area contributed by atoms with Gasteiger partial charge in [-0.3, -0.25) is 4.79 Å². The molecule has 0 unspecified atom stereocenters. The van der Waals surface area contributed by atoms with Crippen LogP contribution in [0.15, 0.2) is 59.6 Å². The van der Waals surface area contributed by atoms with Gasteiger partial charge in [0.25, 0.3) is 5.91 Å². The molecule has 1 amide bonds. The van der Waals surface area contributed by atoms with E-state index in [0.717, 1.165) is 5.69 Å². The lowest BCUT2D eigenvalue weighted by Crippen LogP contribution is -2.37. The molecule has 0 spiro atoms. The predicted octanol–water partition coefficient (Wildman–Crippen LogP) is 2.61. The summed E-state index contributed by atoms with van der Waals surface area (Å²) in [6.45, 7) is 0. The maximum absolute atomic E-state index is 12.6. The second-order valence-corrected chi connectivity index (χ2v) is 9.80. The van der Waals surface area contributed by atoms with Gasteiger partial charge in [-0.2, -0.15) is 4.99 Å². The molecule has 2 aromatic rings. The Hall–Kier alpha value is -2.32. The highest BCUT2D eigenvalue weighted by Gasteiger charge is 2.49. The maximum atomic E-state index is 12.6. The van der Waals surface area contributed by atoms with Crippen molar-refractivity contribution in [1.29, 1.82) is 0 Å². The van der Waals surface area contributed by atoms with E-state index in [0.29, 0.717) is 16.5 Å². The van der Waals surface area contributed by atoms with Crippen LogP contribution in [0.2, 0.25) is 0 Å². The molecule has 2 aliphatic rings. The molecule has 27 heavy (non-hydrogen) atoms. The zero-order valence-electron chi connectivity index (χ0n) is 14.6. The number of methoxy groups -OCH3 is 1. The number of thioether (sulfide) groups is 1. The van der Waals surface area contributed by atoms with Gasteiger partial charge in [0.15, 0.2) is 15.0 Å². The third-order valence-electron chi connectivity index (χ3n) is 4.62. The fraction of sp³-hybridized carbons (Fsp3) is 0.263. The monoisotopic (exact) mass is 402 g/mol. The van der Waals surface area contributed by atoms with Crippen LogP contribution in [-0.4, -0.2) is 49.4 Å². The third-order valence-corrected chi connectivity index (χ3v) is 7.83. The van der Waals surface area contributed by atoms with Gasteiger partial charge >= 0.3 is 0 Å². The first-order valence-electron chi connectivity index (χ1n) is 8.45. The molecule has 0 aromatic heterocycles. The van der Waals surface area contributed by atoms with Gasteiger partial charge < -0.3 is 9.64 Å². The number of aliphatic imine (C=N–C) groups is 1. The number of benzene rings is 2. The van der Waals surface area contributed by atoms with Crippen molar-refractivity contribution in [2.45, 2.75) is 11.3 Å². The van der Waals surface area contributed by atoms with E-state index >= 15 is 0 Å². The van der Waals surface area contributed by atoms with E-state index in [4.69, 9.17) is 4.74 Å². The second kappa shape index (κ2) is 7.01. The fourth-order valence-electron chi connectivity index (χ4n) is 3.36. The minimum atomic E-state index is -3.10. The lowest BCUT2D eigenvalue weighted by Gasteiger charge is -2.24. The van der Waals surface area contributed by atoms with Gasteiger partial charge in [-0.15, -0.1) is 0 Å². The number of sulfone groups is 1. The van der Waals surface area contributed by atoms with E-state index in [-0.39, 0.29) is 28.7 Å². The van der Waals surface area contributed by atoms with Gasteiger partial charge in [0.05, 0.1) is 24.7 Å². The Morgan fingerprint density at radius 1 is 1.15 bits per heavy atom. The normalized spacial score (nSPS) is 24.8. The van der Waals surface area contributed by atoms with Gasteiger partial charge in [-0.25, -0.2) is 8.42 Å². The van der Waals surface area contributed by atoms with Crippen molar-refractivity contribution >= 4 is 38.4 Å². The number of hydrogen-bond acceptors (Lipinski definition) is 5. The molecule has 140 valence electrons. The summed E-state index contributed by atoms with van der Waals surface area (Å²) in [5.74, 6) is 0.478. The highest BCUT2D eigenvalue weighted by atomic mass is 32.2. The molecule has 6 nitrogen and oxygen atoms in total. The molecule has 2 heterocycles. The Bertz CT molecular complexity index is 1010. The van der Waals surface area contributed by atoms with Gasteiger partial charge in [0.1, 0.15) is 5.75 Å². The summed E-state index contributed by atoms with van der Waals surface area (Å²) < 4.78 is 29.5. The zero-order valence-corrected chi connectivity index (χ0v) is 16.2. The van der Waals surface area contributed by atoms with E-state index in [2.05, 4.69) is 4.99 Å². The van der Waals surface area contributed by atoms with Crippen molar-refractivity contribution < 1.29 is 17.9 Å². The van der Waals surface area contributed by atoms with Crippen molar-refractivity contribution in [3.63, 3.8) is 0 Å². The zero-order chi connectivity index (χ0) is 19.0. The lowest BCUT2D eigenvalue weighted by molar-refractivity contribution is 0.100. The Kier molecular flexibility index (Phi) is 4.69. The molecule has 0 aliphatic carbocycles. The van der Waals surface area contributed by atoms with Crippen molar-refractivity contribution in [3.05, 3.63) is 60.2 Å². The van der Waals surface area contributed by atoms with Crippen LogP contribution >= 0.6 is 11.8 Å². The number of nitrogens with zero attached hydrogens (tertiary/aromatic N) is 2. The highest BCUT2D eigenvalue weighted by Crippen LogP contribution is 2.41. The number of carbonyl (C=O) groups is 1. The number of amidine groups is 1. The number of fused-ring (bicyclic) bond motifs is 1. The van der Waals surface area contributed by atoms with E-state index in [9.17, 15) is 13.2 Å². The first kappa shape index (κ1) is 18.1. The van der Waals surface area contributed by atoms with Crippen LogP contribution in [0.3, 0.4) is 0 Å². The Balaban J connectivity index is 1.74. The molecular weight excluding hydrogens is 384 g/mol. The number of amides is 1. The number of anilines is 1. The smallest absolute Gasteiger partial charge is 0.279 e. The Morgan fingerprint density at radius 3 is 2.67 bits per heavy atom. The average molecular weight is 402 g/mol. The van der Waals surface area contributed by atoms with Gasteiger partial charge in [-0.1, -0.05) is 36.0 Å². The molecule has 8 heteroatoms. The van der Waals surface area contributed by atoms with Crippen molar-refractivity contribution in [1.82, 2.24) is 0 Å². The quantitative estimate of drug-likeness (QED) is 0.786. The van der Waals surface area contributed by atoms with Gasteiger partial charge in [-0.05, 0) is 24.3 Å². The molecule has 0 saturated carbocycles. The maximum Gasteiger partial charge on any atom is 0.279 e. The number of hydrogen-bond donors (Lipinski definition) is 0. The number of ether oxygens (including phenoxy) is 1. The Labute approximate surface area is 162 Å². The first-order valence-corrected chi connectivity index (χ1v) is 11.2. The van der Waals surface area contributed by atoms with E-state index < -0.39 is 9.84 Å². The predicted molar refractivity (Wildman–Crippen MR) is 108 cm³/mol. The molecule has 0 radical (unpaired) electrons. The molecule has 2 atom stereocenters. The largest absolute Gasteiger partial charge is 0.497 e. The standard InChI is InChI=1S/C19H18N2O4S2/c1-25-15-9-5-8-14(10-15)21-16-11-27(23,24)12-17(16)26-19(21)20-18(22)13-6-3-2-4-7-13/h2-10,16-17H,11-12H2,1H3/t16-,17+/m0/s1. The van der Waals surface area contributed by atoms with E-state index in [1.54, 1.807) is 31.4 Å². The highest BCUT2D eigenvalue weighted by molar-refractivity contribution is 8.16. The molecule has 0 bridgehead atoms. The van der Waals surface area contributed by atoms with Gasteiger partial charge in [0.2, 0.25) is 0 Å². The molecule has 2 fully saturated rings. The second-order valence-electron chi connectivity index (χ2n) is 6.44. The van der Waals surface area contributed by atoms with Gasteiger partial charge in [0, 0.05) is 22.6 Å². The van der Waals surface area contributed by atoms with Crippen LogP contribution in [-0.2, 0) is 9.84 Å². The SMILES string of the molecule is COc1cccc(N2C(=NC(=O)c3ccccc3)S[C@@H]3CS(=O)(=O)C[C@@H]32)c1. The summed E-state index contributed by atoms with van der Waals surface area (Å²) in [7, 11) is -1.52. The van der Waals surface area contributed by atoms with Crippen molar-refractivity contribution in [2.24, 2.45) is 4.99 Å². The van der Waals surface area contributed by atoms with Crippen molar-refractivity contribution in [3.8, 4) is 5.75 Å². The van der Waals surface area contributed by atoms with Crippen LogP contribution in [0.25, 0.3) is 0 Å². The van der Waals surface area contributed by atoms with Crippen LogP contribution in [0, 0.1) is 0 Å². The summed E-state index contributed by atoms with van der Waals surface area (Å²) in [6.07, 6.45) is 0. The van der Waals surface area contributed by atoms with E-state index in [1.807, 2.05) is 35.2 Å². The molecule has 2 saturated heterocycles. The average Bonchev–Trinajstić information content (AvgIpc) is 3.13. The lowest BCUT2D eigenvalue weighted by atomic mass is 10.2. The van der Waals surface area contributed by atoms with Crippen molar-refractivity contribution in [2.75, 3.05) is 23.5 Å². The molecule has 2 aliphatic heterocycles. The molecule has 0 N–H and O–H groups in total. The summed E-state index contributed by atoms with van der Waals surface area (Å²) in [4.78, 5) is 18.8. The summed E-state index contributed by atoms with van der Waals surface area (Å²) in [6, 6.07) is 16.0. The summed E-state index contributed by atoms with van der Waals surface area (Å²) in [5.41, 5.74) is 1.27. The fourth-order valence-corrected chi connectivity index (χ4v) is 7.27. The number of rotatable bonds is 3. The van der Waals surface area contributed by atoms with Crippen LogP contribution in [0.4, 0.5) is 5.69 Å². The Morgan fingerprint density at radius 2 is 1.93 bits per heavy atom. The summed E-state index contributed by atoms with van der Waals surface area (Å²) in [5, 5.41) is 0.394. The molecule has 2 aromatic carbocycles. The van der Waals surface area contributed by atoms with Crippen LogP contribution < -0.4 is 9.64 Å². The van der Waals surface area contributed by atoms with Crippen LogP contribution in [0.1, 0.15) is 10.4 Å². The topological polar surface area (TPSA) is 76.0 Å². The first-order chi connectivity index (χ1) is 13.0. The minimum Gasteiger partial charge on any atom is -0.497 e. The molecular formula is C19H18N2O4S2. The minimum absolute atomic E-state index is 0.0560. The molecule has 4 rings (SSSR count). The van der Waals surface area contributed by atoms with E-state index in [1.165, 1.54) is 11.8 Å².